The molecule has 1 atom stereocenters. The summed E-state index contributed by atoms with van der Waals surface area (Å²) in [7, 11) is 0. The van der Waals surface area contributed by atoms with E-state index in [0.717, 1.165) is 26.1 Å². The number of rotatable bonds is 4. The van der Waals surface area contributed by atoms with Gasteiger partial charge < -0.3 is 14.6 Å². The molecule has 3 heteroatoms. The zero-order valence-corrected chi connectivity index (χ0v) is 10.1. The molecule has 1 unspecified atom stereocenters. The van der Waals surface area contributed by atoms with Crippen molar-refractivity contribution in [1.29, 1.82) is 0 Å². The van der Waals surface area contributed by atoms with E-state index < -0.39 is 0 Å². The lowest BCUT2D eigenvalue weighted by molar-refractivity contribution is -0.0735. The van der Waals surface area contributed by atoms with Gasteiger partial charge in [-0.05, 0) is 31.6 Å². The fraction of sp³-hybridized carbons (Fsp3) is 1.00. The van der Waals surface area contributed by atoms with E-state index in [0.29, 0.717) is 18.6 Å². The van der Waals surface area contributed by atoms with Crippen LogP contribution >= 0.6 is 0 Å². The Morgan fingerprint density at radius 3 is 2.44 bits per heavy atom. The molecule has 2 fully saturated rings. The number of aliphatic hydroxyl groups is 1. The van der Waals surface area contributed by atoms with Gasteiger partial charge in [-0.1, -0.05) is 19.3 Å². The summed E-state index contributed by atoms with van der Waals surface area (Å²) in [5, 5.41) is 10.0. The number of ether oxygens (including phenoxy) is 2. The maximum Gasteiger partial charge on any atom is 0.0801 e. The van der Waals surface area contributed by atoms with Crippen molar-refractivity contribution in [2.75, 3.05) is 19.8 Å². The highest BCUT2D eigenvalue weighted by molar-refractivity contribution is 4.73. The maximum absolute atomic E-state index is 10.0. The highest BCUT2D eigenvalue weighted by Crippen LogP contribution is 2.27. The number of aliphatic hydroxyl groups excluding tert-OH is 1. The largest absolute Gasteiger partial charge is 0.390 e. The van der Waals surface area contributed by atoms with Gasteiger partial charge in [-0.25, -0.2) is 0 Å². The average molecular weight is 228 g/mol. The molecule has 2 rings (SSSR count). The first-order chi connectivity index (χ1) is 7.86. The SMILES string of the molecule is OC(COC1CCOCC1)C1CCCCC1. The molecule has 0 amide bonds. The maximum atomic E-state index is 10.0. The quantitative estimate of drug-likeness (QED) is 0.801. The summed E-state index contributed by atoms with van der Waals surface area (Å²) in [5.74, 6) is 0.480. The van der Waals surface area contributed by atoms with Crippen LogP contribution in [0.5, 0.6) is 0 Å². The van der Waals surface area contributed by atoms with Crippen molar-refractivity contribution in [2.45, 2.75) is 57.2 Å². The minimum Gasteiger partial charge on any atom is -0.390 e. The fourth-order valence-corrected chi connectivity index (χ4v) is 2.73. The molecule has 1 heterocycles. The Kier molecular flexibility index (Phi) is 5.07. The Labute approximate surface area is 98.1 Å². The lowest BCUT2D eigenvalue weighted by atomic mass is 9.85. The van der Waals surface area contributed by atoms with Crippen LogP contribution in [-0.4, -0.2) is 37.1 Å². The zero-order valence-electron chi connectivity index (χ0n) is 10.1. The van der Waals surface area contributed by atoms with Crippen molar-refractivity contribution >= 4 is 0 Å². The van der Waals surface area contributed by atoms with Crippen LogP contribution in [-0.2, 0) is 9.47 Å². The summed E-state index contributed by atoms with van der Waals surface area (Å²) in [5.41, 5.74) is 0. The van der Waals surface area contributed by atoms with Crippen LogP contribution in [0.25, 0.3) is 0 Å². The van der Waals surface area contributed by atoms with Crippen molar-refractivity contribution in [3.8, 4) is 0 Å². The molecule has 3 nitrogen and oxygen atoms in total. The van der Waals surface area contributed by atoms with Gasteiger partial charge in [-0.3, -0.25) is 0 Å². The molecule has 1 N–H and O–H groups in total. The predicted molar refractivity (Wildman–Crippen MR) is 62.4 cm³/mol. The van der Waals surface area contributed by atoms with Gasteiger partial charge in [0.1, 0.15) is 0 Å². The minimum atomic E-state index is -0.247. The molecule has 0 aromatic heterocycles. The molecule has 1 saturated heterocycles. The van der Waals surface area contributed by atoms with Gasteiger partial charge in [-0.2, -0.15) is 0 Å². The molecular weight excluding hydrogens is 204 g/mol. The van der Waals surface area contributed by atoms with E-state index in [9.17, 15) is 5.11 Å². The molecule has 1 aliphatic carbocycles. The molecule has 94 valence electrons. The minimum absolute atomic E-state index is 0.247. The second kappa shape index (κ2) is 6.58. The third-order valence-corrected chi connectivity index (χ3v) is 3.86. The Morgan fingerprint density at radius 1 is 1.06 bits per heavy atom. The molecule has 2 aliphatic rings. The normalized spacial score (nSPS) is 26.8. The van der Waals surface area contributed by atoms with E-state index in [1.807, 2.05) is 0 Å². The van der Waals surface area contributed by atoms with Gasteiger partial charge in [0.05, 0.1) is 18.8 Å². The Morgan fingerprint density at radius 2 is 1.75 bits per heavy atom. The van der Waals surface area contributed by atoms with E-state index in [-0.39, 0.29) is 6.10 Å². The topological polar surface area (TPSA) is 38.7 Å². The Hall–Kier alpha value is -0.120. The molecule has 0 aromatic carbocycles. The summed E-state index contributed by atoms with van der Waals surface area (Å²) in [6.45, 7) is 2.14. The summed E-state index contributed by atoms with van der Waals surface area (Å²) in [6.07, 6.45) is 8.28. The monoisotopic (exact) mass is 228 g/mol. The molecule has 1 aliphatic heterocycles. The standard InChI is InChI=1S/C13H24O3/c14-13(11-4-2-1-3-5-11)10-16-12-6-8-15-9-7-12/h11-14H,1-10H2. The van der Waals surface area contributed by atoms with Crippen LogP contribution in [0, 0.1) is 5.92 Å². The first-order valence-electron chi connectivity index (χ1n) is 6.73. The molecule has 0 bridgehead atoms. The smallest absolute Gasteiger partial charge is 0.0801 e. The van der Waals surface area contributed by atoms with Gasteiger partial charge in [-0.15, -0.1) is 0 Å². The first kappa shape index (κ1) is 12.3. The summed E-state index contributed by atoms with van der Waals surface area (Å²) in [6, 6.07) is 0. The van der Waals surface area contributed by atoms with E-state index in [2.05, 4.69) is 0 Å². The van der Waals surface area contributed by atoms with Gasteiger partial charge in [0.15, 0.2) is 0 Å². The molecule has 16 heavy (non-hydrogen) atoms. The molecule has 0 spiro atoms. The Balaban J connectivity index is 1.63. The number of hydrogen-bond acceptors (Lipinski definition) is 3. The van der Waals surface area contributed by atoms with E-state index in [1.165, 1.54) is 32.1 Å². The third-order valence-electron chi connectivity index (χ3n) is 3.86. The zero-order chi connectivity index (χ0) is 11.2. The van der Waals surface area contributed by atoms with Gasteiger partial charge in [0.2, 0.25) is 0 Å². The first-order valence-corrected chi connectivity index (χ1v) is 6.73. The summed E-state index contributed by atoms with van der Waals surface area (Å²) < 4.78 is 11.0. The fourth-order valence-electron chi connectivity index (χ4n) is 2.73. The van der Waals surface area contributed by atoms with Crippen molar-refractivity contribution in [1.82, 2.24) is 0 Å². The lowest BCUT2D eigenvalue weighted by Crippen LogP contribution is -2.32. The van der Waals surface area contributed by atoms with Crippen LogP contribution in [0.2, 0.25) is 0 Å². The molecular formula is C13H24O3. The van der Waals surface area contributed by atoms with Crippen LogP contribution in [0.3, 0.4) is 0 Å². The highest BCUT2D eigenvalue weighted by atomic mass is 16.5. The van der Waals surface area contributed by atoms with Crippen molar-refractivity contribution in [2.24, 2.45) is 5.92 Å². The van der Waals surface area contributed by atoms with Crippen molar-refractivity contribution in [3.05, 3.63) is 0 Å². The number of hydrogen-bond donors (Lipinski definition) is 1. The highest BCUT2D eigenvalue weighted by Gasteiger charge is 2.23. The van der Waals surface area contributed by atoms with Crippen molar-refractivity contribution < 1.29 is 14.6 Å². The summed E-state index contributed by atoms with van der Waals surface area (Å²) >= 11 is 0. The predicted octanol–water partition coefficient (Wildman–Crippen LogP) is 2.12. The molecule has 0 radical (unpaired) electrons. The van der Waals surface area contributed by atoms with Crippen LogP contribution < -0.4 is 0 Å². The molecule has 1 saturated carbocycles. The second-order valence-electron chi connectivity index (χ2n) is 5.11. The molecule has 0 aromatic rings. The lowest BCUT2D eigenvalue weighted by Gasteiger charge is -2.29. The van der Waals surface area contributed by atoms with Crippen LogP contribution in [0.15, 0.2) is 0 Å². The van der Waals surface area contributed by atoms with Gasteiger partial charge in [0, 0.05) is 13.2 Å². The Bertz CT molecular complexity index is 184. The van der Waals surface area contributed by atoms with Crippen molar-refractivity contribution in [3.63, 3.8) is 0 Å². The third kappa shape index (κ3) is 3.72. The van der Waals surface area contributed by atoms with E-state index in [1.54, 1.807) is 0 Å². The van der Waals surface area contributed by atoms with Gasteiger partial charge >= 0.3 is 0 Å². The summed E-state index contributed by atoms with van der Waals surface area (Å²) in [4.78, 5) is 0. The van der Waals surface area contributed by atoms with Gasteiger partial charge in [0.25, 0.3) is 0 Å². The average Bonchev–Trinajstić information content (AvgIpc) is 2.38. The second-order valence-corrected chi connectivity index (χ2v) is 5.11. The van der Waals surface area contributed by atoms with Crippen LogP contribution in [0.1, 0.15) is 44.9 Å². The van der Waals surface area contributed by atoms with E-state index >= 15 is 0 Å². The van der Waals surface area contributed by atoms with Crippen LogP contribution in [0.4, 0.5) is 0 Å². The van der Waals surface area contributed by atoms with E-state index in [4.69, 9.17) is 9.47 Å².